The van der Waals surface area contributed by atoms with Crippen molar-refractivity contribution >= 4 is 23.5 Å². The van der Waals surface area contributed by atoms with Crippen molar-refractivity contribution in [2.75, 3.05) is 51.3 Å². The normalized spacial score (nSPS) is 16.6. The summed E-state index contributed by atoms with van der Waals surface area (Å²) in [6.45, 7) is 4.86. The molecule has 2 aromatic carbocycles. The summed E-state index contributed by atoms with van der Waals surface area (Å²) in [5, 5.41) is 3.82. The highest BCUT2D eigenvalue weighted by atomic mass is 32.2. The summed E-state index contributed by atoms with van der Waals surface area (Å²) < 4.78 is 5.40. The van der Waals surface area contributed by atoms with Crippen LogP contribution in [0.3, 0.4) is 0 Å². The number of hydrogen-bond donors (Lipinski definition) is 1. The number of aromatic nitrogens is 2. The number of anilines is 1. The molecular formula is C31H39N5O2S. The Hall–Kier alpha value is -2.94. The van der Waals surface area contributed by atoms with Gasteiger partial charge in [-0.1, -0.05) is 73.5 Å². The van der Waals surface area contributed by atoms with E-state index in [1.54, 1.807) is 11.8 Å². The highest BCUT2D eigenvalue weighted by molar-refractivity contribution is 7.98. The second-order valence-electron chi connectivity index (χ2n) is 10.4. The Morgan fingerprint density at radius 2 is 1.82 bits per heavy atom. The molecule has 1 aromatic heterocycles. The van der Waals surface area contributed by atoms with Crippen LogP contribution >= 0.6 is 11.8 Å². The molecule has 1 amide bonds. The van der Waals surface area contributed by atoms with Crippen LogP contribution in [0.2, 0.25) is 0 Å². The topological polar surface area (TPSA) is 70.6 Å². The van der Waals surface area contributed by atoms with E-state index in [9.17, 15) is 4.79 Å². The van der Waals surface area contributed by atoms with Gasteiger partial charge in [0.1, 0.15) is 5.82 Å². The Balaban J connectivity index is 1.25. The van der Waals surface area contributed by atoms with Crippen molar-refractivity contribution in [1.82, 2.24) is 20.2 Å². The van der Waals surface area contributed by atoms with Crippen LogP contribution in [0.1, 0.15) is 48.0 Å². The fourth-order valence-corrected chi connectivity index (χ4v) is 6.07. The molecule has 1 saturated carbocycles. The summed E-state index contributed by atoms with van der Waals surface area (Å²) in [5.41, 5.74) is 3.80. The molecule has 3 aromatic rings. The van der Waals surface area contributed by atoms with Crippen molar-refractivity contribution in [1.29, 1.82) is 0 Å². The first-order valence-electron chi connectivity index (χ1n) is 14.1. The van der Waals surface area contributed by atoms with Gasteiger partial charge in [0, 0.05) is 62.2 Å². The molecule has 0 spiro atoms. The smallest absolute Gasteiger partial charge is 0.251 e. The number of thioether (sulfide) groups is 1. The average molecular weight is 546 g/mol. The predicted octanol–water partition coefficient (Wildman–Crippen LogP) is 5.27. The molecule has 5 rings (SSSR count). The average Bonchev–Trinajstić information content (AvgIpc) is 3.01. The third-order valence-electron chi connectivity index (χ3n) is 7.62. The summed E-state index contributed by atoms with van der Waals surface area (Å²) in [5.74, 6) is 1.64. The maximum absolute atomic E-state index is 12.8. The van der Waals surface area contributed by atoms with E-state index in [0.717, 1.165) is 60.6 Å². The van der Waals surface area contributed by atoms with Gasteiger partial charge in [-0.25, -0.2) is 9.97 Å². The van der Waals surface area contributed by atoms with E-state index in [4.69, 9.17) is 14.7 Å². The molecule has 1 saturated heterocycles. The monoisotopic (exact) mass is 545 g/mol. The first-order valence-corrected chi connectivity index (χ1v) is 15.1. The van der Waals surface area contributed by atoms with Crippen LogP contribution in [0.25, 0.3) is 11.3 Å². The molecule has 2 fully saturated rings. The van der Waals surface area contributed by atoms with Crippen LogP contribution < -0.4 is 10.2 Å². The minimum atomic E-state index is -0.0335. The summed E-state index contributed by atoms with van der Waals surface area (Å²) in [6, 6.07) is 20.8. The SMILES string of the molecule is CN(c1cc(-c2ccccc2)nc(SCc2cccc(C(=O)NCCN3CCOCC3)c2)n1)C1CCCCC1. The summed E-state index contributed by atoms with van der Waals surface area (Å²) in [6.07, 6.45) is 6.32. The number of hydrogen-bond acceptors (Lipinski definition) is 7. The number of carbonyl (C=O) groups is 1. The van der Waals surface area contributed by atoms with Gasteiger partial charge in [0.15, 0.2) is 5.16 Å². The maximum Gasteiger partial charge on any atom is 0.251 e. The molecule has 1 aliphatic heterocycles. The van der Waals surface area contributed by atoms with Gasteiger partial charge in [-0.3, -0.25) is 9.69 Å². The molecule has 7 nitrogen and oxygen atoms in total. The minimum absolute atomic E-state index is 0.0335. The van der Waals surface area contributed by atoms with Crippen molar-refractivity contribution < 1.29 is 9.53 Å². The van der Waals surface area contributed by atoms with Gasteiger partial charge >= 0.3 is 0 Å². The number of carbonyl (C=O) groups excluding carboxylic acids is 1. The van der Waals surface area contributed by atoms with Crippen LogP contribution in [0.15, 0.2) is 65.8 Å². The van der Waals surface area contributed by atoms with E-state index in [1.165, 1.54) is 32.1 Å². The van der Waals surface area contributed by atoms with Gasteiger partial charge in [0.25, 0.3) is 5.91 Å². The maximum atomic E-state index is 12.8. The third kappa shape index (κ3) is 7.81. The number of amides is 1. The molecule has 8 heteroatoms. The molecule has 1 N–H and O–H groups in total. The van der Waals surface area contributed by atoms with Gasteiger partial charge in [-0.05, 0) is 30.5 Å². The van der Waals surface area contributed by atoms with E-state index in [-0.39, 0.29) is 5.91 Å². The number of nitrogens with one attached hydrogen (secondary N) is 1. The van der Waals surface area contributed by atoms with Crippen molar-refractivity contribution in [3.8, 4) is 11.3 Å². The molecule has 2 heterocycles. The van der Waals surface area contributed by atoms with E-state index in [0.29, 0.717) is 23.9 Å². The van der Waals surface area contributed by atoms with Crippen LogP contribution in [-0.2, 0) is 10.5 Å². The Morgan fingerprint density at radius 3 is 2.62 bits per heavy atom. The Kier molecular flexibility index (Phi) is 9.86. The zero-order chi connectivity index (χ0) is 26.9. The highest BCUT2D eigenvalue weighted by Crippen LogP contribution is 2.30. The fourth-order valence-electron chi connectivity index (χ4n) is 5.27. The lowest BCUT2D eigenvalue weighted by molar-refractivity contribution is 0.0383. The number of rotatable bonds is 10. The lowest BCUT2D eigenvalue weighted by Crippen LogP contribution is -2.41. The van der Waals surface area contributed by atoms with Gasteiger partial charge in [0.2, 0.25) is 0 Å². The highest BCUT2D eigenvalue weighted by Gasteiger charge is 2.21. The molecular weight excluding hydrogens is 506 g/mol. The minimum Gasteiger partial charge on any atom is -0.379 e. The number of benzene rings is 2. The third-order valence-corrected chi connectivity index (χ3v) is 8.54. The molecule has 39 heavy (non-hydrogen) atoms. The van der Waals surface area contributed by atoms with E-state index >= 15 is 0 Å². The number of nitrogens with zero attached hydrogens (tertiary/aromatic N) is 4. The van der Waals surface area contributed by atoms with Crippen LogP contribution in [0, 0.1) is 0 Å². The zero-order valence-electron chi connectivity index (χ0n) is 22.8. The number of morpholine rings is 1. The Labute approximate surface area is 236 Å². The first-order chi connectivity index (χ1) is 19.2. The van der Waals surface area contributed by atoms with Crippen molar-refractivity contribution in [3.05, 3.63) is 71.8 Å². The standard InChI is InChI=1S/C31H39N5O2S/c1-35(27-13-6-3-7-14-27)29-22-28(25-10-4-2-5-11-25)33-31(34-29)39-23-24-9-8-12-26(21-24)30(37)32-15-16-36-17-19-38-20-18-36/h2,4-5,8-12,21-22,27H,3,6-7,13-20,23H2,1H3,(H,32,37). The predicted molar refractivity (Wildman–Crippen MR) is 158 cm³/mol. The molecule has 2 aliphatic rings. The quantitative estimate of drug-likeness (QED) is 0.275. The Morgan fingerprint density at radius 1 is 1.03 bits per heavy atom. The zero-order valence-corrected chi connectivity index (χ0v) is 23.7. The van der Waals surface area contributed by atoms with Crippen LogP contribution in [-0.4, -0.2) is 73.3 Å². The summed E-state index contributed by atoms with van der Waals surface area (Å²) in [4.78, 5) is 27.4. The fraction of sp³-hybridized carbons (Fsp3) is 0.452. The second kappa shape index (κ2) is 13.9. The van der Waals surface area contributed by atoms with Gasteiger partial charge in [0.05, 0.1) is 18.9 Å². The molecule has 0 bridgehead atoms. The van der Waals surface area contributed by atoms with Crippen molar-refractivity contribution in [2.45, 2.75) is 49.1 Å². The second-order valence-corrected chi connectivity index (χ2v) is 11.3. The number of ether oxygens (including phenoxy) is 1. The van der Waals surface area contributed by atoms with Crippen LogP contribution in [0.5, 0.6) is 0 Å². The van der Waals surface area contributed by atoms with E-state index in [2.05, 4.69) is 46.4 Å². The molecule has 0 unspecified atom stereocenters. The molecule has 0 atom stereocenters. The molecule has 1 aliphatic carbocycles. The molecule has 0 radical (unpaired) electrons. The first kappa shape index (κ1) is 27.6. The van der Waals surface area contributed by atoms with Crippen molar-refractivity contribution in [3.63, 3.8) is 0 Å². The van der Waals surface area contributed by atoms with Gasteiger partial charge < -0.3 is 15.0 Å². The lowest BCUT2D eigenvalue weighted by atomic mass is 9.94. The lowest BCUT2D eigenvalue weighted by Gasteiger charge is -2.32. The van der Waals surface area contributed by atoms with Gasteiger partial charge in [-0.15, -0.1) is 0 Å². The largest absolute Gasteiger partial charge is 0.379 e. The Bertz CT molecular complexity index is 1210. The summed E-state index contributed by atoms with van der Waals surface area (Å²) >= 11 is 1.62. The van der Waals surface area contributed by atoms with Crippen molar-refractivity contribution in [2.24, 2.45) is 0 Å². The molecule has 206 valence electrons. The van der Waals surface area contributed by atoms with Crippen LogP contribution in [0.4, 0.5) is 5.82 Å². The van der Waals surface area contributed by atoms with E-state index < -0.39 is 0 Å². The van der Waals surface area contributed by atoms with E-state index in [1.807, 2.05) is 36.4 Å². The van der Waals surface area contributed by atoms with Gasteiger partial charge in [-0.2, -0.15) is 0 Å². The summed E-state index contributed by atoms with van der Waals surface area (Å²) in [7, 11) is 2.17.